The number of carbonyl (C=O) groups excluding carboxylic acids is 1. The molecule has 0 fully saturated rings. The number of nitro groups is 1. The van der Waals surface area contributed by atoms with Crippen molar-refractivity contribution in [3.63, 3.8) is 0 Å². The summed E-state index contributed by atoms with van der Waals surface area (Å²) in [4.78, 5) is 25.9. The van der Waals surface area contributed by atoms with Gasteiger partial charge in [-0.2, -0.15) is 0 Å². The summed E-state index contributed by atoms with van der Waals surface area (Å²) in [5.41, 5.74) is 6.15. The van der Waals surface area contributed by atoms with Gasteiger partial charge in [0.1, 0.15) is 5.82 Å². The number of non-ortho nitro benzene ring substituents is 1. The highest BCUT2D eigenvalue weighted by Gasteiger charge is 2.14. The van der Waals surface area contributed by atoms with Gasteiger partial charge < -0.3 is 5.73 Å². The Morgan fingerprint density at radius 3 is 2.44 bits per heavy atom. The van der Waals surface area contributed by atoms with Crippen molar-refractivity contribution in [1.29, 1.82) is 0 Å². The second kappa shape index (κ2) is 4.62. The van der Waals surface area contributed by atoms with E-state index in [1.54, 1.807) is 12.1 Å². The average molecular weight is 243 g/mol. The number of anilines is 1. The van der Waals surface area contributed by atoms with Crippen LogP contribution in [-0.2, 0) is 0 Å². The molecule has 6 heteroatoms. The van der Waals surface area contributed by atoms with Gasteiger partial charge in [-0.05, 0) is 24.3 Å². The largest absolute Gasteiger partial charge is 0.383 e. The lowest BCUT2D eigenvalue weighted by Gasteiger charge is -2.03. The van der Waals surface area contributed by atoms with Gasteiger partial charge in [-0.3, -0.25) is 14.9 Å². The van der Waals surface area contributed by atoms with Crippen molar-refractivity contribution in [2.75, 3.05) is 5.73 Å². The Morgan fingerprint density at radius 1 is 1.22 bits per heavy atom. The van der Waals surface area contributed by atoms with Crippen molar-refractivity contribution in [1.82, 2.24) is 4.98 Å². The monoisotopic (exact) mass is 243 g/mol. The van der Waals surface area contributed by atoms with Gasteiger partial charge in [0.05, 0.1) is 10.5 Å². The molecular weight excluding hydrogens is 234 g/mol. The van der Waals surface area contributed by atoms with E-state index < -0.39 is 4.92 Å². The zero-order valence-corrected chi connectivity index (χ0v) is 9.24. The molecule has 0 spiro atoms. The lowest BCUT2D eigenvalue weighted by molar-refractivity contribution is -0.384. The van der Waals surface area contributed by atoms with E-state index in [0.29, 0.717) is 5.56 Å². The molecule has 1 aromatic heterocycles. The number of benzene rings is 1. The number of pyridine rings is 1. The van der Waals surface area contributed by atoms with Crippen LogP contribution < -0.4 is 5.73 Å². The van der Waals surface area contributed by atoms with Crippen LogP contribution in [0.15, 0.2) is 42.6 Å². The maximum absolute atomic E-state index is 12.1. The summed E-state index contributed by atoms with van der Waals surface area (Å²) in [5.74, 6) is -0.170. The Kier molecular flexibility index (Phi) is 3.01. The standard InChI is InChI=1S/C12H9N3O3/c13-12-10(2-1-7-14-12)11(16)8-3-5-9(6-4-8)15(17)18/h1-7H,(H2,13,14). The Morgan fingerprint density at radius 2 is 1.89 bits per heavy atom. The van der Waals surface area contributed by atoms with Crippen LogP contribution in [0.25, 0.3) is 0 Å². The number of nitrogen functional groups attached to an aromatic ring is 1. The minimum absolute atomic E-state index is 0.0642. The molecule has 0 atom stereocenters. The number of nitro benzene ring substituents is 1. The summed E-state index contributed by atoms with van der Waals surface area (Å²) in [6.45, 7) is 0. The number of ketones is 1. The molecule has 2 aromatic rings. The number of nitrogens with zero attached hydrogens (tertiary/aromatic N) is 2. The normalized spacial score (nSPS) is 10.0. The van der Waals surface area contributed by atoms with Gasteiger partial charge in [0.25, 0.3) is 5.69 Å². The molecule has 0 radical (unpaired) electrons. The number of carbonyl (C=O) groups is 1. The third-order valence-corrected chi connectivity index (χ3v) is 2.42. The Balaban J connectivity index is 2.35. The van der Waals surface area contributed by atoms with Crippen LogP contribution >= 0.6 is 0 Å². The van der Waals surface area contributed by atoms with Gasteiger partial charge in [-0.25, -0.2) is 4.98 Å². The molecule has 2 rings (SSSR count). The third-order valence-electron chi connectivity index (χ3n) is 2.42. The molecule has 0 aliphatic carbocycles. The topological polar surface area (TPSA) is 99.1 Å². The summed E-state index contributed by atoms with van der Waals surface area (Å²) >= 11 is 0. The van der Waals surface area contributed by atoms with Crippen LogP contribution in [-0.4, -0.2) is 15.7 Å². The molecule has 90 valence electrons. The maximum atomic E-state index is 12.1. The van der Waals surface area contributed by atoms with Crippen LogP contribution in [0.3, 0.4) is 0 Å². The lowest BCUT2D eigenvalue weighted by atomic mass is 10.0. The zero-order valence-electron chi connectivity index (χ0n) is 9.24. The molecule has 0 amide bonds. The van der Waals surface area contributed by atoms with Gasteiger partial charge in [-0.15, -0.1) is 0 Å². The number of hydrogen-bond donors (Lipinski definition) is 1. The molecule has 1 aromatic carbocycles. The van der Waals surface area contributed by atoms with Crippen molar-refractivity contribution in [2.24, 2.45) is 0 Å². The number of hydrogen-bond acceptors (Lipinski definition) is 5. The summed E-state index contributed by atoms with van der Waals surface area (Å²) in [6, 6.07) is 8.51. The van der Waals surface area contributed by atoms with Gasteiger partial charge in [0, 0.05) is 23.9 Å². The van der Waals surface area contributed by atoms with Crippen molar-refractivity contribution in [2.45, 2.75) is 0 Å². The van der Waals surface area contributed by atoms with E-state index in [1.165, 1.54) is 30.5 Å². The lowest BCUT2D eigenvalue weighted by Crippen LogP contribution is -2.06. The highest BCUT2D eigenvalue weighted by atomic mass is 16.6. The van der Waals surface area contributed by atoms with E-state index in [2.05, 4.69) is 4.98 Å². The van der Waals surface area contributed by atoms with Gasteiger partial charge in [-0.1, -0.05) is 0 Å². The fourth-order valence-corrected chi connectivity index (χ4v) is 1.50. The van der Waals surface area contributed by atoms with Gasteiger partial charge in [0.15, 0.2) is 5.78 Å². The molecule has 18 heavy (non-hydrogen) atoms. The minimum Gasteiger partial charge on any atom is -0.383 e. The number of nitrogens with two attached hydrogens (primary N) is 1. The Bertz CT molecular complexity index is 608. The Labute approximate surface area is 102 Å². The second-order valence-electron chi connectivity index (χ2n) is 3.57. The smallest absolute Gasteiger partial charge is 0.269 e. The second-order valence-corrected chi connectivity index (χ2v) is 3.57. The first-order valence-electron chi connectivity index (χ1n) is 5.09. The highest BCUT2D eigenvalue weighted by molar-refractivity contribution is 6.11. The van der Waals surface area contributed by atoms with Crippen molar-refractivity contribution in [3.8, 4) is 0 Å². The Hall–Kier alpha value is -2.76. The van der Waals surface area contributed by atoms with Gasteiger partial charge >= 0.3 is 0 Å². The molecule has 0 aliphatic rings. The van der Waals surface area contributed by atoms with E-state index in [0.717, 1.165) is 0 Å². The molecule has 1 heterocycles. The molecule has 2 N–H and O–H groups in total. The molecule has 0 saturated heterocycles. The summed E-state index contributed by atoms with van der Waals surface area (Å²) in [6.07, 6.45) is 1.49. The summed E-state index contributed by atoms with van der Waals surface area (Å²) in [7, 11) is 0. The SMILES string of the molecule is Nc1ncccc1C(=O)c1ccc([N+](=O)[O-])cc1. The molecular formula is C12H9N3O3. The highest BCUT2D eigenvalue weighted by Crippen LogP contribution is 2.17. The maximum Gasteiger partial charge on any atom is 0.269 e. The first-order valence-corrected chi connectivity index (χ1v) is 5.09. The molecule has 0 saturated carbocycles. The van der Waals surface area contributed by atoms with Crippen molar-refractivity contribution < 1.29 is 9.72 Å². The summed E-state index contributed by atoms with van der Waals surface area (Å²) < 4.78 is 0. The quantitative estimate of drug-likeness (QED) is 0.503. The van der Waals surface area contributed by atoms with Crippen LogP contribution in [0.2, 0.25) is 0 Å². The predicted molar refractivity (Wildman–Crippen MR) is 65.2 cm³/mol. The van der Waals surface area contributed by atoms with E-state index in [4.69, 9.17) is 5.73 Å². The van der Waals surface area contributed by atoms with Crippen LogP contribution in [0.1, 0.15) is 15.9 Å². The predicted octanol–water partition coefficient (Wildman–Crippen LogP) is 1.80. The fraction of sp³-hybridized carbons (Fsp3) is 0. The van der Waals surface area contributed by atoms with Crippen molar-refractivity contribution >= 4 is 17.3 Å². The minimum atomic E-state index is -0.521. The van der Waals surface area contributed by atoms with E-state index in [1.807, 2.05) is 0 Å². The zero-order chi connectivity index (χ0) is 13.1. The van der Waals surface area contributed by atoms with E-state index in [-0.39, 0.29) is 22.9 Å². The third kappa shape index (κ3) is 2.17. The average Bonchev–Trinajstić information content (AvgIpc) is 2.38. The first kappa shape index (κ1) is 11.7. The fourth-order valence-electron chi connectivity index (χ4n) is 1.50. The van der Waals surface area contributed by atoms with Crippen LogP contribution in [0.4, 0.5) is 11.5 Å². The van der Waals surface area contributed by atoms with Crippen molar-refractivity contribution in [3.05, 3.63) is 63.8 Å². The summed E-state index contributed by atoms with van der Waals surface area (Å²) in [5, 5.41) is 10.5. The molecule has 0 aliphatic heterocycles. The van der Waals surface area contributed by atoms with Crippen LogP contribution in [0, 0.1) is 10.1 Å². The number of aromatic nitrogens is 1. The molecule has 6 nitrogen and oxygen atoms in total. The van der Waals surface area contributed by atoms with Gasteiger partial charge in [0.2, 0.25) is 0 Å². The van der Waals surface area contributed by atoms with E-state index >= 15 is 0 Å². The molecule has 0 unspecified atom stereocenters. The number of rotatable bonds is 3. The first-order chi connectivity index (χ1) is 8.59. The van der Waals surface area contributed by atoms with E-state index in [9.17, 15) is 14.9 Å². The van der Waals surface area contributed by atoms with Crippen LogP contribution in [0.5, 0.6) is 0 Å². The molecule has 0 bridgehead atoms.